The zero-order valence-electron chi connectivity index (χ0n) is 22.9. The van der Waals surface area contributed by atoms with E-state index in [2.05, 4.69) is 127 Å². The summed E-state index contributed by atoms with van der Waals surface area (Å²) >= 11 is 0. The highest BCUT2D eigenvalue weighted by molar-refractivity contribution is 5.98. The van der Waals surface area contributed by atoms with E-state index in [-0.39, 0.29) is 0 Å². The molecule has 1 heteroatoms. The molecule has 41 heavy (non-hydrogen) atoms. The van der Waals surface area contributed by atoms with Crippen LogP contribution in [0.4, 0.5) is 0 Å². The topological polar surface area (TPSA) is 23.9 Å². The third-order valence-electron chi connectivity index (χ3n) is 8.55. The fraction of sp³-hybridized carbons (Fsp3) is 0.0750. The van der Waals surface area contributed by atoms with Gasteiger partial charge in [-0.3, -0.25) is 0 Å². The van der Waals surface area contributed by atoms with E-state index < -0.39 is 5.41 Å². The van der Waals surface area contributed by atoms with Gasteiger partial charge >= 0.3 is 0 Å². The Hall–Kier alpha value is -5.01. The molecule has 0 saturated carbocycles. The predicted molar refractivity (Wildman–Crippen MR) is 171 cm³/mol. The van der Waals surface area contributed by atoms with Crippen LogP contribution in [-0.2, 0) is 11.8 Å². The van der Waals surface area contributed by atoms with Crippen molar-refractivity contribution in [3.05, 3.63) is 191 Å². The highest BCUT2D eigenvalue weighted by Gasteiger charge is 2.45. The summed E-state index contributed by atoms with van der Waals surface area (Å²) in [7, 11) is 0. The van der Waals surface area contributed by atoms with Crippen molar-refractivity contribution in [2.75, 3.05) is 0 Å². The molecule has 7 rings (SSSR count). The van der Waals surface area contributed by atoms with E-state index in [9.17, 15) is 0 Å². The maximum atomic E-state index is 8.66. The van der Waals surface area contributed by atoms with Gasteiger partial charge in [0.1, 0.15) is 0 Å². The third-order valence-corrected chi connectivity index (χ3v) is 8.55. The lowest BCUT2D eigenvalue weighted by molar-refractivity contribution is 0.769. The predicted octanol–water partition coefficient (Wildman–Crippen LogP) is 9.72. The van der Waals surface area contributed by atoms with Gasteiger partial charge in [-0.1, -0.05) is 152 Å². The maximum Gasteiger partial charge on any atom is 0.0713 e. The number of fused-ring (bicyclic) bond motifs is 3. The summed E-state index contributed by atoms with van der Waals surface area (Å²) in [6.07, 6.45) is 1.53. The van der Waals surface area contributed by atoms with Gasteiger partial charge in [-0.05, 0) is 74.5 Å². The summed E-state index contributed by atoms with van der Waals surface area (Å²) in [6.45, 7) is 0. The zero-order chi connectivity index (χ0) is 27.6. The van der Waals surface area contributed by atoms with Gasteiger partial charge in [-0.15, -0.1) is 0 Å². The Bertz CT molecular complexity index is 1800. The van der Waals surface area contributed by atoms with Crippen molar-refractivity contribution in [3.8, 4) is 22.3 Å². The Morgan fingerprint density at radius 1 is 0.488 bits per heavy atom. The second kappa shape index (κ2) is 10.5. The first-order chi connectivity index (χ1) is 20.3. The van der Waals surface area contributed by atoms with E-state index in [0.717, 1.165) is 12.0 Å². The van der Waals surface area contributed by atoms with Crippen LogP contribution < -0.4 is 0 Å². The minimum atomic E-state index is -0.408. The number of benzene rings is 6. The van der Waals surface area contributed by atoms with Crippen molar-refractivity contribution >= 4 is 5.71 Å². The summed E-state index contributed by atoms with van der Waals surface area (Å²) in [6, 6.07) is 56.6. The largest absolute Gasteiger partial charge is 0.305 e. The van der Waals surface area contributed by atoms with Crippen LogP contribution in [0.15, 0.2) is 158 Å². The van der Waals surface area contributed by atoms with Crippen molar-refractivity contribution < 1.29 is 0 Å². The van der Waals surface area contributed by atoms with Gasteiger partial charge in [-0.25, -0.2) is 0 Å². The monoisotopic (exact) mass is 525 g/mol. The number of rotatable bonds is 7. The average Bonchev–Trinajstić information content (AvgIpc) is 3.36. The van der Waals surface area contributed by atoms with Crippen molar-refractivity contribution in [2.24, 2.45) is 0 Å². The van der Waals surface area contributed by atoms with E-state index in [1.54, 1.807) is 0 Å². The molecular weight excluding hydrogens is 494 g/mol. The summed E-state index contributed by atoms with van der Waals surface area (Å²) in [5.74, 6) is 0. The first kappa shape index (κ1) is 25.0. The molecule has 0 unspecified atom stereocenters. The molecule has 0 saturated heterocycles. The van der Waals surface area contributed by atoms with Gasteiger partial charge in [0.15, 0.2) is 0 Å². The summed E-state index contributed by atoms with van der Waals surface area (Å²) in [5, 5.41) is 8.66. The summed E-state index contributed by atoms with van der Waals surface area (Å²) < 4.78 is 0. The molecule has 1 N–H and O–H groups in total. The number of nitrogens with one attached hydrogen (secondary N) is 1. The Kier molecular flexibility index (Phi) is 6.41. The SMILES string of the molecule is N=C(CCc1ccccc1-c1cccc(C2(c3ccccc3)c3ccccc3-c3ccccc32)c1)c1ccccc1. The van der Waals surface area contributed by atoms with Crippen molar-refractivity contribution in [1.82, 2.24) is 0 Å². The summed E-state index contributed by atoms with van der Waals surface area (Å²) in [5.41, 5.74) is 12.8. The van der Waals surface area contributed by atoms with E-state index in [0.29, 0.717) is 12.1 Å². The smallest absolute Gasteiger partial charge is 0.0713 e. The molecule has 0 spiro atoms. The molecule has 0 heterocycles. The molecule has 0 aliphatic heterocycles. The van der Waals surface area contributed by atoms with Crippen LogP contribution in [0.1, 0.15) is 39.8 Å². The van der Waals surface area contributed by atoms with E-state index in [4.69, 9.17) is 5.41 Å². The molecule has 0 amide bonds. The standard InChI is InChI=1S/C40H31N/c41-39(30-15-3-1-4-16-30)27-26-29-14-7-8-21-34(29)31-17-13-20-33(28-31)40(32-18-5-2-6-19-32)37-24-11-9-22-35(37)36-23-10-12-25-38(36)40/h1-25,28,41H,26-27H2. The lowest BCUT2D eigenvalue weighted by atomic mass is 9.67. The average molecular weight is 526 g/mol. The molecule has 1 aliphatic rings. The van der Waals surface area contributed by atoms with Crippen LogP contribution in [0.2, 0.25) is 0 Å². The Morgan fingerprint density at radius 3 is 1.71 bits per heavy atom. The van der Waals surface area contributed by atoms with E-state index in [1.165, 1.54) is 50.1 Å². The molecule has 0 bridgehead atoms. The molecule has 6 aromatic rings. The van der Waals surface area contributed by atoms with Gasteiger partial charge < -0.3 is 5.41 Å². The third kappa shape index (κ3) is 4.22. The zero-order valence-corrected chi connectivity index (χ0v) is 22.9. The Labute approximate surface area is 242 Å². The normalized spacial score (nSPS) is 12.9. The minimum Gasteiger partial charge on any atom is -0.305 e. The molecule has 0 fully saturated rings. The molecule has 0 aromatic heterocycles. The first-order valence-electron chi connectivity index (χ1n) is 14.3. The Balaban J connectivity index is 1.36. The molecule has 1 nitrogen and oxygen atoms in total. The van der Waals surface area contributed by atoms with Crippen LogP contribution in [0.25, 0.3) is 22.3 Å². The first-order valence-corrected chi connectivity index (χ1v) is 14.3. The minimum absolute atomic E-state index is 0.408. The quantitative estimate of drug-likeness (QED) is 0.200. The van der Waals surface area contributed by atoms with Gasteiger partial charge in [0.2, 0.25) is 0 Å². The van der Waals surface area contributed by atoms with Gasteiger partial charge in [0, 0.05) is 5.71 Å². The van der Waals surface area contributed by atoms with Crippen molar-refractivity contribution in [1.29, 1.82) is 5.41 Å². The second-order valence-corrected chi connectivity index (χ2v) is 10.8. The van der Waals surface area contributed by atoms with Gasteiger partial charge in [0.05, 0.1) is 5.41 Å². The number of hydrogen-bond donors (Lipinski definition) is 1. The van der Waals surface area contributed by atoms with Gasteiger partial charge in [-0.2, -0.15) is 0 Å². The molecule has 6 aromatic carbocycles. The lowest BCUT2D eigenvalue weighted by Crippen LogP contribution is -2.28. The van der Waals surface area contributed by atoms with E-state index in [1.807, 2.05) is 30.3 Å². The fourth-order valence-electron chi connectivity index (χ4n) is 6.70. The Morgan fingerprint density at radius 2 is 1.02 bits per heavy atom. The van der Waals surface area contributed by atoms with Crippen LogP contribution in [0.3, 0.4) is 0 Å². The molecule has 0 radical (unpaired) electrons. The maximum absolute atomic E-state index is 8.66. The van der Waals surface area contributed by atoms with E-state index >= 15 is 0 Å². The van der Waals surface area contributed by atoms with Crippen molar-refractivity contribution in [2.45, 2.75) is 18.3 Å². The molecule has 0 atom stereocenters. The summed E-state index contributed by atoms with van der Waals surface area (Å²) in [4.78, 5) is 0. The molecular formula is C40H31N. The van der Waals surface area contributed by atoms with Crippen molar-refractivity contribution in [3.63, 3.8) is 0 Å². The van der Waals surface area contributed by atoms with Crippen LogP contribution >= 0.6 is 0 Å². The van der Waals surface area contributed by atoms with Crippen LogP contribution in [0.5, 0.6) is 0 Å². The van der Waals surface area contributed by atoms with Crippen LogP contribution in [-0.4, -0.2) is 5.71 Å². The highest BCUT2D eigenvalue weighted by atomic mass is 14.5. The molecule has 196 valence electrons. The highest BCUT2D eigenvalue weighted by Crippen LogP contribution is 2.56. The number of aryl methyl sites for hydroxylation is 1. The fourth-order valence-corrected chi connectivity index (χ4v) is 6.70. The lowest BCUT2D eigenvalue weighted by Gasteiger charge is -2.34. The second-order valence-electron chi connectivity index (χ2n) is 10.8. The number of hydrogen-bond acceptors (Lipinski definition) is 1. The van der Waals surface area contributed by atoms with Gasteiger partial charge in [0.25, 0.3) is 0 Å². The van der Waals surface area contributed by atoms with Crippen LogP contribution in [0, 0.1) is 5.41 Å². The molecule has 1 aliphatic carbocycles.